The molecular weight excluding hydrogens is 392 g/mol. The zero-order valence-corrected chi connectivity index (χ0v) is 17.0. The summed E-state index contributed by atoms with van der Waals surface area (Å²) in [7, 11) is 0. The zero-order valence-electron chi connectivity index (χ0n) is 17.0. The van der Waals surface area contributed by atoms with Crippen LogP contribution < -0.4 is 15.4 Å². The van der Waals surface area contributed by atoms with Crippen LogP contribution in [0.25, 0.3) is 11.0 Å². The predicted octanol–water partition coefficient (Wildman–Crippen LogP) is 4.21. The van der Waals surface area contributed by atoms with E-state index in [2.05, 4.69) is 15.6 Å². The van der Waals surface area contributed by atoms with Crippen LogP contribution in [0.1, 0.15) is 12.7 Å². The average molecular weight is 414 g/mol. The van der Waals surface area contributed by atoms with Gasteiger partial charge in [-0.25, -0.2) is 4.98 Å². The number of amides is 2. The molecule has 0 aliphatic heterocycles. The Morgan fingerprint density at radius 3 is 2.23 bits per heavy atom. The second-order valence-electron chi connectivity index (χ2n) is 7.01. The highest BCUT2D eigenvalue weighted by Gasteiger charge is 2.14. The van der Waals surface area contributed by atoms with E-state index in [1.54, 1.807) is 24.3 Å². The fraction of sp³-hybridized carbons (Fsp3) is 0.125. The fourth-order valence-corrected chi connectivity index (χ4v) is 3.26. The minimum absolute atomic E-state index is 0.0987. The first-order valence-electron chi connectivity index (χ1n) is 9.88. The molecule has 0 fully saturated rings. The number of nitrogens with one attached hydrogen (secondary N) is 2. The van der Waals surface area contributed by atoms with E-state index in [9.17, 15) is 9.59 Å². The van der Waals surface area contributed by atoms with Gasteiger partial charge < -0.3 is 19.9 Å². The molecule has 0 bridgehead atoms. The third-order valence-electron chi connectivity index (χ3n) is 4.64. The number of hydrogen-bond donors (Lipinski definition) is 2. The smallest absolute Gasteiger partial charge is 0.244 e. The lowest BCUT2D eigenvalue weighted by Gasteiger charge is -2.11. The summed E-state index contributed by atoms with van der Waals surface area (Å²) in [5, 5.41) is 5.58. The van der Waals surface area contributed by atoms with Gasteiger partial charge in [-0.05, 0) is 48.5 Å². The fourth-order valence-electron chi connectivity index (χ4n) is 3.26. The number of anilines is 2. The quantitative estimate of drug-likeness (QED) is 0.474. The predicted molar refractivity (Wildman–Crippen MR) is 120 cm³/mol. The van der Waals surface area contributed by atoms with Crippen LogP contribution in [-0.2, 0) is 22.7 Å². The zero-order chi connectivity index (χ0) is 21.6. The summed E-state index contributed by atoms with van der Waals surface area (Å²) >= 11 is 0. The highest BCUT2D eigenvalue weighted by molar-refractivity contribution is 5.93. The maximum absolute atomic E-state index is 12.7. The third kappa shape index (κ3) is 5.08. The molecule has 7 heteroatoms. The second kappa shape index (κ2) is 9.13. The Morgan fingerprint density at radius 2 is 1.52 bits per heavy atom. The number of hydrogen-bond acceptors (Lipinski definition) is 4. The molecule has 0 spiro atoms. The number of carbonyl (C=O) groups excluding carboxylic acids is 2. The summed E-state index contributed by atoms with van der Waals surface area (Å²) in [5.74, 6) is 1.08. The minimum atomic E-state index is -0.184. The third-order valence-corrected chi connectivity index (χ3v) is 4.64. The van der Waals surface area contributed by atoms with E-state index < -0.39 is 0 Å². The van der Waals surface area contributed by atoms with Gasteiger partial charge in [0.25, 0.3) is 0 Å². The van der Waals surface area contributed by atoms with E-state index in [0.717, 1.165) is 16.8 Å². The standard InChI is InChI=1S/C24H22N4O3/c1-17(29)25-18-11-13-19(14-12-18)26-24(30)15-28-22-10-6-5-9-21(22)27-23(28)16-31-20-7-3-2-4-8-20/h2-14H,15-16H2,1H3,(H,25,29)(H,26,30). The Kier molecular flexibility index (Phi) is 5.93. The number of para-hydroxylation sites is 3. The van der Waals surface area contributed by atoms with Crippen LogP contribution in [-0.4, -0.2) is 21.4 Å². The summed E-state index contributed by atoms with van der Waals surface area (Å²) in [6, 6.07) is 24.1. The summed E-state index contributed by atoms with van der Waals surface area (Å²) < 4.78 is 7.72. The van der Waals surface area contributed by atoms with Crippen LogP contribution in [0.4, 0.5) is 11.4 Å². The topological polar surface area (TPSA) is 85.2 Å². The largest absolute Gasteiger partial charge is 0.486 e. The van der Waals surface area contributed by atoms with Crippen LogP contribution in [0.3, 0.4) is 0 Å². The van der Waals surface area contributed by atoms with Gasteiger partial charge in [0.15, 0.2) is 0 Å². The molecule has 0 atom stereocenters. The Morgan fingerprint density at radius 1 is 0.871 bits per heavy atom. The lowest BCUT2D eigenvalue weighted by molar-refractivity contribution is -0.117. The molecule has 1 aromatic heterocycles. The van der Waals surface area contributed by atoms with Crippen molar-refractivity contribution in [2.75, 3.05) is 10.6 Å². The highest BCUT2D eigenvalue weighted by Crippen LogP contribution is 2.19. The molecule has 4 aromatic rings. The first-order valence-corrected chi connectivity index (χ1v) is 9.88. The van der Waals surface area contributed by atoms with Crippen LogP contribution in [0.2, 0.25) is 0 Å². The molecular formula is C24H22N4O3. The molecule has 0 unspecified atom stereocenters. The molecule has 1 heterocycles. The lowest BCUT2D eigenvalue weighted by atomic mass is 10.2. The number of benzene rings is 3. The van der Waals surface area contributed by atoms with Gasteiger partial charge in [0, 0.05) is 18.3 Å². The van der Waals surface area contributed by atoms with Gasteiger partial charge in [-0.1, -0.05) is 30.3 Å². The number of carbonyl (C=O) groups is 2. The number of nitrogens with zero attached hydrogens (tertiary/aromatic N) is 2. The molecule has 156 valence electrons. The molecule has 2 N–H and O–H groups in total. The molecule has 0 saturated heterocycles. The van der Waals surface area contributed by atoms with Crippen LogP contribution in [0.5, 0.6) is 5.75 Å². The van der Waals surface area contributed by atoms with E-state index in [4.69, 9.17) is 4.74 Å². The summed E-state index contributed by atoms with van der Waals surface area (Å²) in [6.45, 7) is 1.79. The maximum atomic E-state index is 12.7. The monoisotopic (exact) mass is 414 g/mol. The molecule has 7 nitrogen and oxygen atoms in total. The number of aromatic nitrogens is 2. The van der Waals surface area contributed by atoms with Crippen LogP contribution in [0.15, 0.2) is 78.9 Å². The van der Waals surface area contributed by atoms with Gasteiger partial charge in [-0.15, -0.1) is 0 Å². The van der Waals surface area contributed by atoms with Gasteiger partial charge in [0.05, 0.1) is 11.0 Å². The first kappa shape index (κ1) is 20.2. The highest BCUT2D eigenvalue weighted by atomic mass is 16.5. The minimum Gasteiger partial charge on any atom is -0.486 e. The maximum Gasteiger partial charge on any atom is 0.244 e. The second-order valence-corrected chi connectivity index (χ2v) is 7.01. The number of rotatable bonds is 7. The molecule has 31 heavy (non-hydrogen) atoms. The van der Waals surface area contributed by atoms with Crippen LogP contribution in [0, 0.1) is 0 Å². The molecule has 0 radical (unpaired) electrons. The lowest BCUT2D eigenvalue weighted by Crippen LogP contribution is -2.20. The van der Waals surface area contributed by atoms with Gasteiger partial charge in [0.1, 0.15) is 24.7 Å². The van der Waals surface area contributed by atoms with Crippen molar-refractivity contribution in [3.8, 4) is 5.75 Å². The summed E-state index contributed by atoms with van der Waals surface area (Å²) in [6.07, 6.45) is 0. The van der Waals surface area contributed by atoms with E-state index in [0.29, 0.717) is 17.2 Å². The van der Waals surface area contributed by atoms with Crippen molar-refractivity contribution in [1.29, 1.82) is 0 Å². The average Bonchev–Trinajstić information content (AvgIpc) is 3.11. The molecule has 0 aliphatic carbocycles. The van der Waals surface area contributed by atoms with Gasteiger partial charge >= 0.3 is 0 Å². The van der Waals surface area contributed by atoms with E-state index >= 15 is 0 Å². The van der Waals surface area contributed by atoms with E-state index in [-0.39, 0.29) is 25.0 Å². The SMILES string of the molecule is CC(=O)Nc1ccc(NC(=O)Cn2c(COc3ccccc3)nc3ccccc32)cc1. The normalized spacial score (nSPS) is 10.6. The van der Waals surface area contributed by atoms with Crippen molar-refractivity contribution in [1.82, 2.24) is 9.55 Å². The van der Waals surface area contributed by atoms with Crippen molar-refractivity contribution in [2.24, 2.45) is 0 Å². The van der Waals surface area contributed by atoms with E-state index in [1.165, 1.54) is 6.92 Å². The molecule has 4 rings (SSSR count). The Bertz CT molecular complexity index is 1200. The van der Waals surface area contributed by atoms with Gasteiger partial charge in [-0.2, -0.15) is 0 Å². The number of fused-ring (bicyclic) bond motifs is 1. The van der Waals surface area contributed by atoms with Crippen molar-refractivity contribution >= 4 is 34.2 Å². The first-order chi connectivity index (χ1) is 15.1. The van der Waals surface area contributed by atoms with Crippen LogP contribution >= 0.6 is 0 Å². The molecule has 0 aliphatic rings. The van der Waals surface area contributed by atoms with Gasteiger partial charge in [0.2, 0.25) is 11.8 Å². The van der Waals surface area contributed by atoms with Crippen molar-refractivity contribution < 1.29 is 14.3 Å². The Labute approximate surface area is 179 Å². The summed E-state index contributed by atoms with van der Waals surface area (Å²) in [4.78, 5) is 28.5. The van der Waals surface area contributed by atoms with Crippen molar-refractivity contribution in [2.45, 2.75) is 20.1 Å². The van der Waals surface area contributed by atoms with Crippen molar-refractivity contribution in [3.05, 3.63) is 84.7 Å². The molecule has 0 saturated carbocycles. The number of ether oxygens (including phenoxy) is 1. The Hall–Kier alpha value is -4.13. The van der Waals surface area contributed by atoms with Gasteiger partial charge in [-0.3, -0.25) is 9.59 Å². The summed E-state index contributed by atoms with van der Waals surface area (Å²) in [5.41, 5.74) is 2.99. The Balaban J connectivity index is 1.50. The van der Waals surface area contributed by atoms with E-state index in [1.807, 2.05) is 59.2 Å². The van der Waals surface area contributed by atoms with Crippen molar-refractivity contribution in [3.63, 3.8) is 0 Å². The molecule has 3 aromatic carbocycles. The molecule has 2 amide bonds. The number of imidazole rings is 1.